The van der Waals surface area contributed by atoms with E-state index in [9.17, 15) is 0 Å². The quantitative estimate of drug-likeness (QED) is 0.446. The molecule has 0 saturated carbocycles. The molecule has 11 heavy (non-hydrogen) atoms. The van der Waals surface area contributed by atoms with Crippen LogP contribution in [-0.4, -0.2) is 4.87 Å². The van der Waals surface area contributed by atoms with E-state index in [1.54, 1.807) is 0 Å². The lowest BCUT2D eigenvalue weighted by Crippen LogP contribution is -2.09. The average molecular weight is 175 g/mol. The Bertz CT molecular complexity index is 145. The number of halogens is 1. The van der Waals surface area contributed by atoms with Crippen LogP contribution in [-0.2, 0) is 0 Å². The van der Waals surface area contributed by atoms with Crippen LogP contribution in [0, 0.1) is 0 Å². The third-order valence-corrected chi connectivity index (χ3v) is 2.14. The maximum atomic E-state index is 6.06. The van der Waals surface area contributed by atoms with Crippen molar-refractivity contribution in [1.29, 1.82) is 0 Å². The molecule has 0 amide bonds. The smallest absolute Gasteiger partial charge is 0.0393 e. The van der Waals surface area contributed by atoms with E-state index in [1.807, 2.05) is 0 Å². The molecule has 0 heterocycles. The fourth-order valence-corrected chi connectivity index (χ4v) is 0.829. The molecule has 0 aliphatic heterocycles. The first-order chi connectivity index (χ1) is 4.83. The molecule has 0 unspecified atom stereocenters. The van der Waals surface area contributed by atoms with Gasteiger partial charge in [-0.1, -0.05) is 11.1 Å². The first kappa shape index (κ1) is 11.0. The standard InChI is InChI=1S/C10H19Cl/c1-8(2)9(3)6-7-10(4,5)11/h6-7H2,1-5H3. The topological polar surface area (TPSA) is 0 Å². The van der Waals surface area contributed by atoms with E-state index in [1.165, 1.54) is 11.1 Å². The summed E-state index contributed by atoms with van der Waals surface area (Å²) >= 11 is 6.06. The molecular weight excluding hydrogens is 156 g/mol. The van der Waals surface area contributed by atoms with E-state index in [2.05, 4.69) is 34.6 Å². The van der Waals surface area contributed by atoms with Crippen molar-refractivity contribution >= 4 is 11.6 Å². The second-order valence-corrected chi connectivity index (χ2v) is 5.02. The van der Waals surface area contributed by atoms with E-state index >= 15 is 0 Å². The van der Waals surface area contributed by atoms with Gasteiger partial charge in [0.15, 0.2) is 0 Å². The van der Waals surface area contributed by atoms with Crippen LogP contribution in [0.5, 0.6) is 0 Å². The number of hydrogen-bond acceptors (Lipinski definition) is 0. The molecule has 1 heteroatoms. The van der Waals surface area contributed by atoms with Gasteiger partial charge in [-0.05, 0) is 47.5 Å². The summed E-state index contributed by atoms with van der Waals surface area (Å²) in [6.45, 7) is 10.6. The van der Waals surface area contributed by atoms with Gasteiger partial charge >= 0.3 is 0 Å². The summed E-state index contributed by atoms with van der Waals surface area (Å²) in [7, 11) is 0. The number of rotatable bonds is 3. The summed E-state index contributed by atoms with van der Waals surface area (Å²) in [5.41, 5.74) is 2.89. The zero-order valence-electron chi connectivity index (χ0n) is 8.29. The van der Waals surface area contributed by atoms with E-state index in [-0.39, 0.29) is 4.87 Å². The largest absolute Gasteiger partial charge is 0.120 e. The molecule has 0 saturated heterocycles. The second kappa shape index (κ2) is 4.15. The summed E-state index contributed by atoms with van der Waals surface area (Å²) in [5, 5.41) is 0. The summed E-state index contributed by atoms with van der Waals surface area (Å²) < 4.78 is 0. The van der Waals surface area contributed by atoms with E-state index < -0.39 is 0 Å². The molecule has 0 aliphatic carbocycles. The Morgan fingerprint density at radius 2 is 1.64 bits per heavy atom. The maximum Gasteiger partial charge on any atom is 0.0393 e. The van der Waals surface area contributed by atoms with Gasteiger partial charge in [0.05, 0.1) is 0 Å². The number of alkyl halides is 1. The van der Waals surface area contributed by atoms with Gasteiger partial charge in [0.2, 0.25) is 0 Å². The Kier molecular flexibility index (Phi) is 4.17. The van der Waals surface area contributed by atoms with Crippen LogP contribution in [0.25, 0.3) is 0 Å². The van der Waals surface area contributed by atoms with Crippen LogP contribution >= 0.6 is 11.6 Å². The Morgan fingerprint density at radius 3 is 1.91 bits per heavy atom. The highest BCUT2D eigenvalue weighted by Gasteiger charge is 2.12. The van der Waals surface area contributed by atoms with Crippen molar-refractivity contribution < 1.29 is 0 Å². The molecule has 0 aromatic heterocycles. The summed E-state index contributed by atoms with van der Waals surface area (Å²) in [5.74, 6) is 0. The SMILES string of the molecule is CC(C)=C(C)CCC(C)(C)Cl. The Hall–Kier alpha value is 0.0300. The van der Waals surface area contributed by atoms with Gasteiger partial charge in [0.1, 0.15) is 0 Å². The summed E-state index contributed by atoms with van der Waals surface area (Å²) in [6, 6.07) is 0. The van der Waals surface area contributed by atoms with Gasteiger partial charge in [-0.2, -0.15) is 0 Å². The minimum absolute atomic E-state index is 0.0449. The Balaban J connectivity index is 3.82. The Labute approximate surface area is 75.6 Å². The van der Waals surface area contributed by atoms with Gasteiger partial charge < -0.3 is 0 Å². The van der Waals surface area contributed by atoms with Crippen LogP contribution in [0.2, 0.25) is 0 Å². The molecule has 0 bridgehead atoms. The minimum atomic E-state index is -0.0449. The highest BCUT2D eigenvalue weighted by atomic mass is 35.5. The monoisotopic (exact) mass is 174 g/mol. The molecule has 0 spiro atoms. The van der Waals surface area contributed by atoms with E-state index in [0.717, 1.165) is 12.8 Å². The van der Waals surface area contributed by atoms with Crippen LogP contribution < -0.4 is 0 Å². The third-order valence-electron chi connectivity index (χ3n) is 1.95. The van der Waals surface area contributed by atoms with Crippen LogP contribution in [0.1, 0.15) is 47.5 Å². The molecule has 0 nitrogen and oxygen atoms in total. The lowest BCUT2D eigenvalue weighted by molar-refractivity contribution is 0.623. The second-order valence-electron chi connectivity index (χ2n) is 4.00. The Morgan fingerprint density at radius 1 is 1.18 bits per heavy atom. The van der Waals surface area contributed by atoms with Crippen molar-refractivity contribution in [3.8, 4) is 0 Å². The zero-order valence-corrected chi connectivity index (χ0v) is 9.05. The third kappa shape index (κ3) is 6.43. The molecule has 0 aromatic carbocycles. The summed E-state index contributed by atoms with van der Waals surface area (Å²) in [6.07, 6.45) is 2.18. The van der Waals surface area contributed by atoms with E-state index in [0.29, 0.717) is 0 Å². The van der Waals surface area contributed by atoms with Crippen LogP contribution in [0.3, 0.4) is 0 Å². The van der Waals surface area contributed by atoms with Crippen molar-refractivity contribution in [2.24, 2.45) is 0 Å². The minimum Gasteiger partial charge on any atom is -0.120 e. The average Bonchev–Trinajstić information content (AvgIpc) is 1.80. The molecule has 0 atom stereocenters. The lowest BCUT2D eigenvalue weighted by Gasteiger charge is -2.15. The van der Waals surface area contributed by atoms with Gasteiger partial charge in [-0.15, -0.1) is 11.6 Å². The number of hydrogen-bond donors (Lipinski definition) is 0. The summed E-state index contributed by atoms with van der Waals surface area (Å²) in [4.78, 5) is -0.0449. The van der Waals surface area contributed by atoms with Crippen molar-refractivity contribution in [2.45, 2.75) is 52.3 Å². The highest BCUT2D eigenvalue weighted by Crippen LogP contribution is 2.23. The van der Waals surface area contributed by atoms with Gasteiger partial charge in [0.25, 0.3) is 0 Å². The van der Waals surface area contributed by atoms with Crippen molar-refractivity contribution in [2.75, 3.05) is 0 Å². The molecule has 0 radical (unpaired) electrons. The molecule has 0 N–H and O–H groups in total. The van der Waals surface area contributed by atoms with Crippen molar-refractivity contribution in [1.82, 2.24) is 0 Å². The first-order valence-corrected chi connectivity index (χ1v) is 4.52. The van der Waals surface area contributed by atoms with Gasteiger partial charge in [-0.25, -0.2) is 0 Å². The number of allylic oxidation sites excluding steroid dienone is 2. The van der Waals surface area contributed by atoms with Crippen LogP contribution in [0.15, 0.2) is 11.1 Å². The van der Waals surface area contributed by atoms with Gasteiger partial charge in [-0.3, -0.25) is 0 Å². The predicted molar refractivity (Wildman–Crippen MR) is 53.2 cm³/mol. The zero-order chi connectivity index (χ0) is 9.07. The fourth-order valence-electron chi connectivity index (χ4n) is 0.735. The molecule has 0 fully saturated rings. The molecular formula is C10H19Cl. The predicted octanol–water partition coefficient (Wildman–Crippen LogP) is 4.14. The molecule has 0 aliphatic rings. The van der Waals surface area contributed by atoms with Gasteiger partial charge in [0, 0.05) is 4.87 Å². The van der Waals surface area contributed by atoms with E-state index in [4.69, 9.17) is 11.6 Å². The normalized spacial score (nSPS) is 11.5. The lowest BCUT2D eigenvalue weighted by atomic mass is 10.0. The molecule has 0 aromatic rings. The van der Waals surface area contributed by atoms with Crippen molar-refractivity contribution in [3.63, 3.8) is 0 Å². The molecule has 66 valence electrons. The van der Waals surface area contributed by atoms with Crippen molar-refractivity contribution in [3.05, 3.63) is 11.1 Å². The fraction of sp³-hybridized carbons (Fsp3) is 0.800. The van der Waals surface area contributed by atoms with Crippen LogP contribution in [0.4, 0.5) is 0 Å². The maximum absolute atomic E-state index is 6.06. The highest BCUT2D eigenvalue weighted by molar-refractivity contribution is 6.23. The molecule has 0 rings (SSSR count). The first-order valence-electron chi connectivity index (χ1n) is 4.15.